The summed E-state index contributed by atoms with van der Waals surface area (Å²) in [7, 11) is 4.26. The van der Waals surface area contributed by atoms with E-state index in [2.05, 4.69) is 70.6 Å². The molecule has 10 nitrogen and oxygen atoms in total. The number of halogens is 1. The van der Waals surface area contributed by atoms with Crippen LogP contribution in [0.4, 0.5) is 11.5 Å². The first-order valence-electron chi connectivity index (χ1n) is 15.2. The number of piperazine rings is 1. The molecule has 44 heavy (non-hydrogen) atoms. The van der Waals surface area contributed by atoms with Gasteiger partial charge in [-0.2, -0.15) is 15.2 Å². The molecule has 1 atom stereocenters. The van der Waals surface area contributed by atoms with E-state index in [1.807, 2.05) is 12.1 Å². The summed E-state index contributed by atoms with van der Waals surface area (Å²) >= 11 is 6.70. The molecule has 0 radical (unpaired) electrons. The number of fused-ring (bicyclic) bond motifs is 2. The number of aromatic nitrogens is 2. The van der Waals surface area contributed by atoms with Crippen molar-refractivity contribution in [1.29, 1.82) is 5.26 Å². The molecule has 11 heteroatoms. The predicted octanol–water partition coefficient (Wildman–Crippen LogP) is 3.59. The second kappa shape index (κ2) is 13.0. The summed E-state index contributed by atoms with van der Waals surface area (Å²) < 4.78 is 6.23. The molecule has 3 aliphatic heterocycles. The molecule has 2 aromatic carbocycles. The summed E-state index contributed by atoms with van der Waals surface area (Å²) in [6.45, 7) is 10.0. The second-order valence-corrected chi connectivity index (χ2v) is 12.4. The largest absolute Gasteiger partial charge is 0.462 e. The number of amides is 1. The Morgan fingerprint density at radius 3 is 2.70 bits per heavy atom. The van der Waals surface area contributed by atoms with E-state index in [4.69, 9.17) is 26.3 Å². The summed E-state index contributed by atoms with van der Waals surface area (Å²) in [6, 6.07) is 15.2. The average Bonchev–Trinajstić information content (AvgIpc) is 3.02. The van der Waals surface area contributed by atoms with Crippen molar-refractivity contribution >= 4 is 39.8 Å². The number of likely N-dealkylation sites (N-methyl/N-ethyl adjacent to an activating group) is 2. The van der Waals surface area contributed by atoms with Gasteiger partial charge in [0.05, 0.1) is 35.8 Å². The van der Waals surface area contributed by atoms with Crippen molar-refractivity contribution in [3.05, 3.63) is 65.3 Å². The third kappa shape index (κ3) is 6.05. The number of nitriles is 1. The van der Waals surface area contributed by atoms with Gasteiger partial charge in [-0.15, -0.1) is 0 Å². The maximum Gasteiger partial charge on any atom is 0.318 e. The lowest BCUT2D eigenvalue weighted by atomic mass is 10.0. The fraction of sp³-hybridized carbons (Fsp3) is 0.455. The van der Waals surface area contributed by atoms with Crippen LogP contribution in [0.25, 0.3) is 10.8 Å². The molecule has 230 valence electrons. The molecule has 0 unspecified atom stereocenters. The van der Waals surface area contributed by atoms with Crippen molar-refractivity contribution in [2.24, 2.45) is 0 Å². The lowest BCUT2D eigenvalue weighted by molar-refractivity contribution is -0.128. The van der Waals surface area contributed by atoms with Crippen LogP contribution in [0, 0.1) is 11.3 Å². The number of hydrogen-bond donors (Lipinski definition) is 0. The number of benzene rings is 2. The Bertz CT molecular complexity index is 1580. The summed E-state index contributed by atoms with van der Waals surface area (Å²) in [5, 5.41) is 12.4. The summed E-state index contributed by atoms with van der Waals surface area (Å²) in [5.41, 5.74) is 3.10. The summed E-state index contributed by atoms with van der Waals surface area (Å²) in [6.07, 6.45) is 2.31. The zero-order valence-corrected chi connectivity index (χ0v) is 26.2. The van der Waals surface area contributed by atoms with Crippen molar-refractivity contribution in [2.45, 2.75) is 31.5 Å². The standard InChI is InChI=1S/C33H39ClN8O2/c1-4-30(43)42-16-15-41(21-24(42)11-13-35)32-26-12-14-40(29-10-6-8-23-7-5-9-27(34)31(23)29)22-28(26)36-33(37-32)44-18-17-39(3)25-19-38(2)20-25/h4-10,24-25H,1,11-12,14-22H2,2-3H3/t24-/m0/s1. The van der Waals surface area contributed by atoms with Crippen molar-refractivity contribution in [3.8, 4) is 12.1 Å². The zero-order valence-electron chi connectivity index (χ0n) is 25.5. The van der Waals surface area contributed by atoms with Gasteiger partial charge in [-0.05, 0) is 44.1 Å². The van der Waals surface area contributed by atoms with E-state index in [0.717, 1.165) is 71.2 Å². The van der Waals surface area contributed by atoms with E-state index in [0.29, 0.717) is 44.8 Å². The second-order valence-electron chi connectivity index (χ2n) is 11.9. The maximum absolute atomic E-state index is 12.5. The van der Waals surface area contributed by atoms with Gasteiger partial charge in [0, 0.05) is 68.5 Å². The lowest BCUT2D eigenvalue weighted by Gasteiger charge is -2.42. The fourth-order valence-corrected chi connectivity index (χ4v) is 6.88. The predicted molar refractivity (Wildman–Crippen MR) is 173 cm³/mol. The molecule has 0 saturated carbocycles. The maximum atomic E-state index is 12.5. The van der Waals surface area contributed by atoms with Crippen LogP contribution in [0.15, 0.2) is 49.1 Å². The molecule has 0 bridgehead atoms. The van der Waals surface area contributed by atoms with Crippen LogP contribution < -0.4 is 14.5 Å². The summed E-state index contributed by atoms with van der Waals surface area (Å²) in [5.74, 6) is 0.688. The van der Waals surface area contributed by atoms with Gasteiger partial charge in [0.25, 0.3) is 0 Å². The number of anilines is 2. The Balaban J connectivity index is 1.29. The molecule has 3 aromatic rings. The minimum atomic E-state index is -0.249. The molecule has 0 spiro atoms. The average molecular weight is 615 g/mol. The van der Waals surface area contributed by atoms with Gasteiger partial charge in [-0.25, -0.2) is 0 Å². The number of ether oxygens (including phenoxy) is 1. The van der Waals surface area contributed by atoms with Crippen LogP contribution in [-0.4, -0.2) is 109 Å². The highest BCUT2D eigenvalue weighted by Crippen LogP contribution is 2.37. The van der Waals surface area contributed by atoms with Gasteiger partial charge in [0.2, 0.25) is 5.91 Å². The van der Waals surface area contributed by atoms with Gasteiger partial charge in [0.15, 0.2) is 0 Å². The fourth-order valence-electron chi connectivity index (χ4n) is 6.60. The molecule has 2 fully saturated rings. The molecular formula is C33H39ClN8O2. The Hall–Kier alpha value is -3.91. The quantitative estimate of drug-likeness (QED) is 0.335. The number of likely N-dealkylation sites (tertiary alicyclic amines) is 1. The first-order chi connectivity index (χ1) is 21.4. The SMILES string of the molecule is C=CC(=O)N1CCN(c2nc(OCCN(C)C3CN(C)C3)nc3c2CCN(c2cccc4cccc(Cl)c24)C3)C[C@@H]1CC#N. The normalized spacial score (nSPS) is 19.1. The van der Waals surface area contributed by atoms with Gasteiger partial charge in [-0.3, -0.25) is 9.69 Å². The smallest absolute Gasteiger partial charge is 0.318 e. The highest BCUT2D eigenvalue weighted by Gasteiger charge is 2.33. The molecule has 2 saturated heterocycles. The van der Waals surface area contributed by atoms with Gasteiger partial charge in [-0.1, -0.05) is 42.4 Å². The minimum absolute atomic E-state index is 0.148. The van der Waals surface area contributed by atoms with E-state index in [9.17, 15) is 10.1 Å². The van der Waals surface area contributed by atoms with Crippen LogP contribution in [0.3, 0.4) is 0 Å². The molecule has 3 aliphatic rings. The number of hydrogen-bond acceptors (Lipinski definition) is 9. The Labute approximate surface area is 264 Å². The molecule has 4 heterocycles. The van der Waals surface area contributed by atoms with Crippen molar-refractivity contribution in [3.63, 3.8) is 0 Å². The number of carbonyl (C=O) groups is 1. The molecular weight excluding hydrogens is 576 g/mol. The lowest BCUT2D eigenvalue weighted by Crippen LogP contribution is -2.57. The van der Waals surface area contributed by atoms with E-state index in [1.54, 1.807) is 4.90 Å². The van der Waals surface area contributed by atoms with E-state index < -0.39 is 0 Å². The van der Waals surface area contributed by atoms with Gasteiger partial charge < -0.3 is 24.3 Å². The first-order valence-corrected chi connectivity index (χ1v) is 15.6. The minimum Gasteiger partial charge on any atom is -0.462 e. The molecule has 1 amide bonds. The summed E-state index contributed by atoms with van der Waals surface area (Å²) in [4.78, 5) is 33.4. The van der Waals surface area contributed by atoms with Crippen molar-refractivity contribution < 1.29 is 9.53 Å². The highest BCUT2D eigenvalue weighted by molar-refractivity contribution is 6.36. The third-order valence-electron chi connectivity index (χ3n) is 9.11. The van der Waals surface area contributed by atoms with Crippen LogP contribution >= 0.6 is 11.6 Å². The number of rotatable bonds is 9. The third-order valence-corrected chi connectivity index (χ3v) is 9.42. The van der Waals surface area contributed by atoms with Crippen LogP contribution in [0.5, 0.6) is 6.01 Å². The highest BCUT2D eigenvalue weighted by atomic mass is 35.5. The van der Waals surface area contributed by atoms with Crippen molar-refractivity contribution in [2.75, 3.05) is 76.3 Å². The topological polar surface area (TPSA) is 92.1 Å². The Kier molecular flexibility index (Phi) is 8.89. The van der Waals surface area contributed by atoms with E-state index >= 15 is 0 Å². The number of carbonyl (C=O) groups excluding carboxylic acids is 1. The Morgan fingerprint density at radius 1 is 1.16 bits per heavy atom. The first kappa shape index (κ1) is 30.1. The van der Waals surface area contributed by atoms with Crippen LogP contribution in [0.2, 0.25) is 5.02 Å². The van der Waals surface area contributed by atoms with E-state index in [1.165, 1.54) is 6.08 Å². The zero-order chi connectivity index (χ0) is 30.8. The van der Waals surface area contributed by atoms with E-state index in [-0.39, 0.29) is 18.4 Å². The molecule has 0 aliphatic carbocycles. The van der Waals surface area contributed by atoms with Gasteiger partial charge in [0.1, 0.15) is 12.4 Å². The van der Waals surface area contributed by atoms with Crippen molar-refractivity contribution in [1.82, 2.24) is 24.7 Å². The molecule has 6 rings (SSSR count). The Morgan fingerprint density at radius 2 is 1.95 bits per heavy atom. The van der Waals surface area contributed by atoms with Crippen LogP contribution in [0.1, 0.15) is 17.7 Å². The monoisotopic (exact) mass is 614 g/mol. The molecule has 1 aromatic heterocycles. The van der Waals surface area contributed by atoms with Gasteiger partial charge >= 0.3 is 6.01 Å². The molecule has 0 N–H and O–H groups in total. The number of nitrogens with zero attached hydrogens (tertiary/aromatic N) is 8. The van der Waals surface area contributed by atoms with Crippen LogP contribution in [-0.2, 0) is 17.8 Å².